The highest BCUT2D eigenvalue weighted by atomic mass is 32.2. The summed E-state index contributed by atoms with van der Waals surface area (Å²) in [6.07, 6.45) is 4.38. The molecule has 2 aliphatic heterocycles. The number of aromatic hydroxyl groups is 2. The molecule has 11 heteroatoms. The van der Waals surface area contributed by atoms with Gasteiger partial charge >= 0.3 is 12.0 Å². The monoisotopic (exact) mass is 454 g/mol. The van der Waals surface area contributed by atoms with E-state index in [1.165, 1.54) is 12.1 Å². The Hall–Kier alpha value is -2.56. The SMILES string of the molecule is CC(CCCC(=O)On1c(O)ccc1O)NC(=O)CCCC[C@@H]1SC[C@@H]2NC(=O)N[C@@H]21. The topological polar surface area (TPSA) is 142 Å². The van der Waals surface area contributed by atoms with Crippen LogP contribution in [-0.4, -0.2) is 62.0 Å². The van der Waals surface area contributed by atoms with E-state index in [9.17, 15) is 24.6 Å². The van der Waals surface area contributed by atoms with Crippen LogP contribution in [0.4, 0.5) is 4.79 Å². The summed E-state index contributed by atoms with van der Waals surface area (Å²) in [5.74, 6) is -0.371. The highest BCUT2D eigenvalue weighted by Gasteiger charge is 2.42. The number of nitrogens with one attached hydrogen (secondary N) is 3. The van der Waals surface area contributed by atoms with Crippen molar-refractivity contribution in [2.75, 3.05) is 5.75 Å². The summed E-state index contributed by atoms with van der Waals surface area (Å²) >= 11 is 1.87. The van der Waals surface area contributed by atoms with Gasteiger partial charge in [-0.25, -0.2) is 9.59 Å². The van der Waals surface area contributed by atoms with E-state index in [4.69, 9.17) is 4.84 Å². The minimum Gasteiger partial charge on any atom is -0.492 e. The number of hydrogen-bond donors (Lipinski definition) is 5. The number of carbonyl (C=O) groups is 3. The fourth-order valence-electron chi connectivity index (χ4n) is 3.89. The Kier molecular flexibility index (Phi) is 7.94. The minimum absolute atomic E-state index is 0.00921. The summed E-state index contributed by atoms with van der Waals surface area (Å²) in [6.45, 7) is 1.89. The summed E-state index contributed by atoms with van der Waals surface area (Å²) in [4.78, 5) is 40.2. The number of aromatic nitrogens is 1. The fraction of sp³-hybridized carbons (Fsp3) is 0.650. The first-order chi connectivity index (χ1) is 14.8. The zero-order chi connectivity index (χ0) is 22.4. The Bertz CT molecular complexity index is 781. The van der Waals surface area contributed by atoms with Crippen LogP contribution in [0.5, 0.6) is 11.8 Å². The van der Waals surface area contributed by atoms with E-state index in [0.29, 0.717) is 29.2 Å². The van der Waals surface area contributed by atoms with Crippen molar-refractivity contribution in [3.63, 3.8) is 0 Å². The van der Waals surface area contributed by atoms with Gasteiger partial charge in [0.05, 0.1) is 12.1 Å². The van der Waals surface area contributed by atoms with Gasteiger partial charge in [-0.1, -0.05) is 6.42 Å². The van der Waals surface area contributed by atoms with Gasteiger partial charge in [0, 0.05) is 42.0 Å². The van der Waals surface area contributed by atoms with Crippen LogP contribution in [0.1, 0.15) is 51.9 Å². The van der Waals surface area contributed by atoms with Crippen LogP contribution in [0.2, 0.25) is 0 Å². The Morgan fingerprint density at radius 2 is 1.97 bits per heavy atom. The third kappa shape index (κ3) is 6.46. The average Bonchev–Trinajstić information content (AvgIpc) is 3.35. The normalized spacial score (nSPS) is 23.0. The molecule has 172 valence electrons. The molecule has 0 radical (unpaired) electrons. The minimum atomic E-state index is -0.582. The van der Waals surface area contributed by atoms with E-state index in [1.54, 1.807) is 0 Å². The lowest BCUT2D eigenvalue weighted by molar-refractivity contribution is -0.145. The first kappa shape index (κ1) is 23.1. The number of urea groups is 1. The molecule has 1 aromatic heterocycles. The predicted octanol–water partition coefficient (Wildman–Crippen LogP) is 1.26. The standard InChI is InChI=1S/C20H30N4O6S/c1-12(5-4-8-18(28)30-24-16(26)9-10-17(24)27)21-15(25)7-3-2-6-14-19-13(11-31-14)22-20(29)23-19/h9-10,12-14,19,26-27H,2-8,11H2,1H3,(H,21,25)(H2,22,23,29)/t12?,13-,14-,19-/m0/s1. The molecule has 4 atom stereocenters. The fourth-order valence-corrected chi connectivity index (χ4v) is 5.43. The van der Waals surface area contributed by atoms with Crippen LogP contribution < -0.4 is 20.8 Å². The molecule has 0 saturated carbocycles. The van der Waals surface area contributed by atoms with E-state index in [-0.39, 0.29) is 48.2 Å². The molecular formula is C20H30N4O6S. The van der Waals surface area contributed by atoms with Gasteiger partial charge in [-0.2, -0.15) is 11.8 Å². The lowest BCUT2D eigenvalue weighted by atomic mass is 10.0. The number of rotatable bonds is 11. The molecule has 5 N–H and O–H groups in total. The summed E-state index contributed by atoms with van der Waals surface area (Å²) in [7, 11) is 0. The third-order valence-electron chi connectivity index (χ3n) is 5.50. The molecule has 10 nitrogen and oxygen atoms in total. The second-order valence-electron chi connectivity index (χ2n) is 8.04. The Morgan fingerprint density at radius 3 is 2.71 bits per heavy atom. The quantitative estimate of drug-likeness (QED) is 0.250. The number of hydrogen-bond acceptors (Lipinski definition) is 7. The number of unbranched alkanes of at least 4 members (excludes halogenated alkanes) is 1. The Morgan fingerprint density at radius 1 is 1.23 bits per heavy atom. The molecule has 2 fully saturated rings. The van der Waals surface area contributed by atoms with Crippen LogP contribution in [-0.2, 0) is 9.59 Å². The van der Waals surface area contributed by atoms with Gasteiger partial charge in [-0.15, -0.1) is 4.73 Å². The summed E-state index contributed by atoms with van der Waals surface area (Å²) in [6, 6.07) is 2.70. The van der Waals surface area contributed by atoms with E-state index >= 15 is 0 Å². The molecule has 3 heterocycles. The molecule has 2 aliphatic rings. The van der Waals surface area contributed by atoms with Crippen molar-refractivity contribution in [3.05, 3.63) is 12.1 Å². The van der Waals surface area contributed by atoms with Crippen LogP contribution in [0, 0.1) is 0 Å². The highest BCUT2D eigenvalue weighted by Crippen LogP contribution is 2.33. The van der Waals surface area contributed by atoms with Gasteiger partial charge in [0.2, 0.25) is 17.7 Å². The van der Waals surface area contributed by atoms with Crippen molar-refractivity contribution in [2.45, 2.75) is 75.2 Å². The second-order valence-corrected chi connectivity index (χ2v) is 9.31. The Balaban J connectivity index is 1.23. The maximum absolute atomic E-state index is 12.1. The highest BCUT2D eigenvalue weighted by molar-refractivity contribution is 8.00. The van der Waals surface area contributed by atoms with Crippen molar-refractivity contribution >= 4 is 29.7 Å². The van der Waals surface area contributed by atoms with Crippen LogP contribution in [0.15, 0.2) is 12.1 Å². The van der Waals surface area contributed by atoms with Gasteiger partial charge in [-0.3, -0.25) is 4.79 Å². The maximum Gasteiger partial charge on any atom is 0.333 e. The maximum atomic E-state index is 12.1. The zero-order valence-electron chi connectivity index (χ0n) is 17.5. The van der Waals surface area contributed by atoms with E-state index in [2.05, 4.69) is 16.0 Å². The summed E-state index contributed by atoms with van der Waals surface area (Å²) < 4.78 is 0.662. The lowest BCUT2D eigenvalue weighted by Gasteiger charge is -2.17. The van der Waals surface area contributed by atoms with Crippen molar-refractivity contribution < 1.29 is 29.4 Å². The molecule has 0 aromatic carbocycles. The number of carbonyl (C=O) groups excluding carboxylic acids is 3. The predicted molar refractivity (Wildman–Crippen MR) is 115 cm³/mol. The number of nitrogens with zero attached hydrogens (tertiary/aromatic N) is 1. The van der Waals surface area contributed by atoms with Crippen LogP contribution in [0.3, 0.4) is 0 Å². The summed E-state index contributed by atoms with van der Waals surface area (Å²) in [5, 5.41) is 28.2. The largest absolute Gasteiger partial charge is 0.492 e. The molecule has 0 bridgehead atoms. The Labute approximate surface area is 185 Å². The van der Waals surface area contributed by atoms with Crippen molar-refractivity contribution in [1.29, 1.82) is 0 Å². The molecule has 0 spiro atoms. The first-order valence-corrected chi connectivity index (χ1v) is 11.7. The van der Waals surface area contributed by atoms with Crippen molar-refractivity contribution in [1.82, 2.24) is 20.7 Å². The molecule has 3 rings (SSSR count). The number of fused-ring (bicyclic) bond motifs is 1. The smallest absolute Gasteiger partial charge is 0.333 e. The zero-order valence-corrected chi connectivity index (χ0v) is 18.3. The van der Waals surface area contributed by atoms with Crippen molar-refractivity contribution in [2.24, 2.45) is 0 Å². The molecule has 1 unspecified atom stereocenters. The van der Waals surface area contributed by atoms with E-state index < -0.39 is 5.97 Å². The number of amides is 3. The van der Waals surface area contributed by atoms with Crippen LogP contribution >= 0.6 is 11.8 Å². The second kappa shape index (κ2) is 10.7. The van der Waals surface area contributed by atoms with E-state index in [1.807, 2.05) is 18.7 Å². The van der Waals surface area contributed by atoms with Gasteiger partial charge in [0.15, 0.2) is 0 Å². The number of thioether (sulfide) groups is 1. The van der Waals surface area contributed by atoms with Gasteiger partial charge in [-0.05, 0) is 32.6 Å². The molecular weight excluding hydrogens is 424 g/mol. The molecule has 3 amide bonds. The first-order valence-electron chi connectivity index (χ1n) is 10.6. The average molecular weight is 455 g/mol. The van der Waals surface area contributed by atoms with Gasteiger partial charge in [0.25, 0.3) is 0 Å². The van der Waals surface area contributed by atoms with E-state index in [0.717, 1.165) is 25.0 Å². The molecule has 2 saturated heterocycles. The lowest BCUT2D eigenvalue weighted by Crippen LogP contribution is -2.36. The van der Waals surface area contributed by atoms with Crippen molar-refractivity contribution in [3.8, 4) is 11.8 Å². The molecule has 1 aromatic rings. The van der Waals surface area contributed by atoms with Crippen LogP contribution in [0.25, 0.3) is 0 Å². The molecule has 0 aliphatic carbocycles. The van der Waals surface area contributed by atoms with Gasteiger partial charge < -0.3 is 31.0 Å². The molecule has 31 heavy (non-hydrogen) atoms. The third-order valence-corrected chi connectivity index (χ3v) is 7.01. The van der Waals surface area contributed by atoms with Gasteiger partial charge in [0.1, 0.15) is 0 Å². The summed E-state index contributed by atoms with van der Waals surface area (Å²) in [5.41, 5.74) is 0.